The van der Waals surface area contributed by atoms with Crippen LogP contribution in [0.2, 0.25) is 0 Å². The van der Waals surface area contributed by atoms with Gasteiger partial charge in [0.2, 0.25) is 5.79 Å². The van der Waals surface area contributed by atoms with Crippen LogP contribution in [0.4, 0.5) is 0 Å². The first-order valence-corrected chi connectivity index (χ1v) is 16.2. The Kier molecular flexibility index (Phi) is 10.2. The molecule has 8 heteroatoms. The summed E-state index contributed by atoms with van der Waals surface area (Å²) in [5.41, 5.74) is 2.97. The van der Waals surface area contributed by atoms with E-state index in [1.807, 2.05) is 109 Å². The van der Waals surface area contributed by atoms with E-state index in [1.165, 1.54) is 5.56 Å². The van der Waals surface area contributed by atoms with E-state index in [0.717, 1.165) is 36.2 Å². The minimum absolute atomic E-state index is 0.0808. The van der Waals surface area contributed by atoms with Crippen molar-refractivity contribution < 1.29 is 33.5 Å². The lowest BCUT2D eigenvalue weighted by atomic mass is 9.80. The molecule has 0 amide bonds. The summed E-state index contributed by atoms with van der Waals surface area (Å²) in [6.07, 6.45) is 0.740. The Morgan fingerprint density at radius 1 is 0.745 bits per heavy atom. The molecule has 2 saturated heterocycles. The first-order valence-electron chi connectivity index (χ1n) is 16.2. The van der Waals surface area contributed by atoms with Gasteiger partial charge in [0.15, 0.2) is 12.6 Å². The van der Waals surface area contributed by atoms with Crippen LogP contribution in [0.25, 0.3) is 0 Å². The third kappa shape index (κ3) is 6.66. The molecule has 0 saturated carbocycles. The number of aliphatic hydroxyl groups is 1. The van der Waals surface area contributed by atoms with Crippen molar-refractivity contribution in [2.45, 2.75) is 49.8 Å². The summed E-state index contributed by atoms with van der Waals surface area (Å²) in [6, 6.07) is 40.6. The maximum Gasteiger partial charge on any atom is 0.252 e. The summed E-state index contributed by atoms with van der Waals surface area (Å²) >= 11 is 0. The molecule has 2 unspecified atom stereocenters. The van der Waals surface area contributed by atoms with Gasteiger partial charge in [0.1, 0.15) is 19.0 Å². The van der Waals surface area contributed by atoms with Crippen molar-refractivity contribution in [2.75, 3.05) is 40.4 Å². The van der Waals surface area contributed by atoms with E-state index in [4.69, 9.17) is 28.4 Å². The molecule has 2 fully saturated rings. The Hall–Kier alpha value is -3.44. The summed E-state index contributed by atoms with van der Waals surface area (Å²) in [5, 5.41) is 11.2. The second-order valence-electron chi connectivity index (χ2n) is 12.6. The maximum atomic E-state index is 11.2. The van der Waals surface area contributed by atoms with E-state index in [2.05, 4.69) is 17.0 Å². The predicted octanol–water partition coefficient (Wildman–Crippen LogP) is 6.28. The molecule has 0 aliphatic carbocycles. The molecule has 2 heterocycles. The molecule has 0 spiro atoms. The van der Waals surface area contributed by atoms with Crippen molar-refractivity contribution in [1.29, 1.82) is 0 Å². The molecule has 0 aromatic heterocycles. The molecule has 0 bridgehead atoms. The highest BCUT2D eigenvalue weighted by molar-refractivity contribution is 5.47. The van der Waals surface area contributed by atoms with Gasteiger partial charge in [-0.25, -0.2) is 0 Å². The third-order valence-electron chi connectivity index (χ3n) is 9.11. The van der Waals surface area contributed by atoms with Crippen LogP contribution in [0.15, 0.2) is 121 Å². The monoisotopic (exact) mass is 639 g/mol. The summed E-state index contributed by atoms with van der Waals surface area (Å²) in [5.74, 6) is -4.57. The molecule has 8 nitrogen and oxygen atoms in total. The number of hydrogen-bond acceptors (Lipinski definition) is 8. The van der Waals surface area contributed by atoms with Gasteiger partial charge in [-0.3, -0.25) is 4.90 Å². The van der Waals surface area contributed by atoms with Gasteiger partial charge in [0.25, 0.3) is 5.79 Å². The Labute approximate surface area is 277 Å². The van der Waals surface area contributed by atoms with E-state index in [0.29, 0.717) is 6.54 Å². The van der Waals surface area contributed by atoms with Crippen molar-refractivity contribution in [3.8, 4) is 0 Å². The molecule has 0 radical (unpaired) electrons. The highest BCUT2D eigenvalue weighted by atomic mass is 16.9. The van der Waals surface area contributed by atoms with Crippen LogP contribution < -0.4 is 0 Å². The Balaban J connectivity index is 1.35. The average molecular weight is 640 g/mol. The van der Waals surface area contributed by atoms with Crippen molar-refractivity contribution in [3.05, 3.63) is 144 Å². The number of nitrogens with zero attached hydrogens (tertiary/aromatic N) is 1. The van der Waals surface area contributed by atoms with Crippen LogP contribution in [0.5, 0.6) is 0 Å². The Morgan fingerprint density at radius 3 is 1.79 bits per heavy atom. The highest BCUT2D eigenvalue weighted by Gasteiger charge is 2.70. The third-order valence-corrected chi connectivity index (χ3v) is 9.11. The van der Waals surface area contributed by atoms with Gasteiger partial charge in [0.05, 0.1) is 0 Å². The summed E-state index contributed by atoms with van der Waals surface area (Å²) < 4.78 is 38.7. The van der Waals surface area contributed by atoms with Gasteiger partial charge in [-0.2, -0.15) is 0 Å². The molecule has 2 aliphatic heterocycles. The fraction of sp³-hybridized carbons (Fsp3) is 0.385. The lowest BCUT2D eigenvalue weighted by molar-refractivity contribution is -0.386. The smallest absolute Gasteiger partial charge is 0.252 e. The SMILES string of the molecule is COCO[C@]1(C2CCN(Cc3ccccc3)C2)OC(C)(C)OC1(CO)OCOC(c1ccccc1)(c1ccccc1)c1ccccc1. The van der Waals surface area contributed by atoms with Crippen LogP contribution in [0.1, 0.15) is 42.5 Å². The lowest BCUT2D eigenvalue weighted by Gasteiger charge is -2.44. The highest BCUT2D eigenvalue weighted by Crippen LogP contribution is 2.52. The van der Waals surface area contributed by atoms with E-state index in [9.17, 15) is 5.11 Å². The minimum atomic E-state index is -1.72. The molecule has 4 aromatic rings. The number of likely N-dealkylation sites (tertiary alicyclic amines) is 1. The zero-order chi connectivity index (χ0) is 32.8. The largest absolute Gasteiger partial charge is 0.391 e. The quantitative estimate of drug-likeness (QED) is 0.128. The molecule has 1 N–H and O–H groups in total. The van der Waals surface area contributed by atoms with Crippen LogP contribution in [0, 0.1) is 5.92 Å². The number of ether oxygens (including phenoxy) is 6. The first kappa shape index (κ1) is 33.5. The van der Waals surface area contributed by atoms with Crippen molar-refractivity contribution in [3.63, 3.8) is 0 Å². The molecule has 248 valence electrons. The average Bonchev–Trinajstić information content (AvgIpc) is 3.67. The van der Waals surface area contributed by atoms with Crippen LogP contribution >= 0.6 is 0 Å². The second-order valence-corrected chi connectivity index (χ2v) is 12.6. The van der Waals surface area contributed by atoms with Gasteiger partial charge in [-0.15, -0.1) is 0 Å². The maximum absolute atomic E-state index is 11.2. The first-order chi connectivity index (χ1) is 22.9. The van der Waals surface area contributed by atoms with Crippen molar-refractivity contribution in [2.24, 2.45) is 5.92 Å². The standard InChI is InChI=1S/C39H45NO7/c1-36(2)46-37(28-41,39(47-36,45-29-42-3)35-24-25-40(27-35)26-31-16-8-4-9-17-31)43-30-44-38(32-18-10-5-11-19-32,33-20-12-6-13-21-33)34-22-14-7-15-23-34/h4-23,35,41H,24-30H2,1-3H3/t35?,37?,39-/m1/s1. The number of aliphatic hydroxyl groups excluding tert-OH is 1. The van der Waals surface area contributed by atoms with E-state index < -0.39 is 29.6 Å². The lowest BCUT2D eigenvalue weighted by Crippen LogP contribution is -2.63. The van der Waals surface area contributed by atoms with E-state index in [-0.39, 0.29) is 19.5 Å². The molecule has 47 heavy (non-hydrogen) atoms. The van der Waals surface area contributed by atoms with Gasteiger partial charge < -0.3 is 33.5 Å². The predicted molar refractivity (Wildman–Crippen MR) is 178 cm³/mol. The van der Waals surface area contributed by atoms with Crippen LogP contribution in [0.3, 0.4) is 0 Å². The summed E-state index contributed by atoms with van der Waals surface area (Å²) in [7, 11) is 1.56. The number of benzene rings is 4. The number of methoxy groups -OCH3 is 1. The second kappa shape index (κ2) is 14.4. The van der Waals surface area contributed by atoms with Gasteiger partial charge in [-0.05, 0) is 49.1 Å². The molecule has 2 aliphatic rings. The topological polar surface area (TPSA) is 78.9 Å². The molecule has 6 rings (SSSR count). The zero-order valence-electron chi connectivity index (χ0n) is 27.4. The normalized spacial score (nSPS) is 24.5. The van der Waals surface area contributed by atoms with Crippen molar-refractivity contribution >= 4 is 0 Å². The summed E-state index contributed by atoms with van der Waals surface area (Å²) in [4.78, 5) is 2.36. The zero-order valence-corrected chi connectivity index (χ0v) is 27.4. The number of rotatable bonds is 14. The van der Waals surface area contributed by atoms with Gasteiger partial charge in [-0.1, -0.05) is 121 Å². The fourth-order valence-electron chi connectivity index (χ4n) is 7.16. The Morgan fingerprint density at radius 2 is 1.28 bits per heavy atom. The van der Waals surface area contributed by atoms with Crippen LogP contribution in [-0.2, 0) is 40.6 Å². The van der Waals surface area contributed by atoms with Gasteiger partial charge in [0, 0.05) is 26.1 Å². The fourth-order valence-corrected chi connectivity index (χ4v) is 7.16. The summed E-state index contributed by atoms with van der Waals surface area (Å²) in [6.45, 7) is 4.99. The van der Waals surface area contributed by atoms with Crippen molar-refractivity contribution in [1.82, 2.24) is 4.90 Å². The van der Waals surface area contributed by atoms with Crippen LogP contribution in [-0.4, -0.2) is 67.8 Å². The van der Waals surface area contributed by atoms with Gasteiger partial charge >= 0.3 is 0 Å². The minimum Gasteiger partial charge on any atom is -0.391 e. The number of hydrogen-bond donors (Lipinski definition) is 1. The van der Waals surface area contributed by atoms with E-state index in [1.54, 1.807) is 21.0 Å². The molecule has 4 aromatic carbocycles. The molecular formula is C39H45NO7. The Bertz CT molecular complexity index is 1440. The van der Waals surface area contributed by atoms with E-state index >= 15 is 0 Å². The molecule has 3 atom stereocenters. The molecular weight excluding hydrogens is 594 g/mol.